The van der Waals surface area contributed by atoms with Crippen molar-refractivity contribution in [3.63, 3.8) is 0 Å². The van der Waals surface area contributed by atoms with Gasteiger partial charge in [-0.3, -0.25) is 4.98 Å². The van der Waals surface area contributed by atoms with E-state index in [9.17, 15) is 5.11 Å². The largest absolute Gasteiger partial charge is 0.395 e. The summed E-state index contributed by atoms with van der Waals surface area (Å²) >= 11 is 0. The number of hydrogen-bond acceptors (Lipinski definition) is 2. The fraction of sp³-hybridized carbons (Fsp3) is 0.235. The number of aliphatic hydroxyl groups is 1. The van der Waals surface area contributed by atoms with Gasteiger partial charge in [-0.15, -0.1) is 0 Å². The lowest BCUT2D eigenvalue weighted by molar-refractivity contribution is 0.283. The summed E-state index contributed by atoms with van der Waals surface area (Å²) in [6, 6.07) is 10.3. The second kappa shape index (κ2) is 6.30. The Kier molecular flexibility index (Phi) is 4.48. The van der Waals surface area contributed by atoms with Gasteiger partial charge in [-0.1, -0.05) is 47.5 Å². The summed E-state index contributed by atoms with van der Waals surface area (Å²) in [6.45, 7) is 4.27. The molecule has 1 aromatic carbocycles. The van der Waals surface area contributed by atoms with E-state index in [0.29, 0.717) is 0 Å². The molecule has 0 aliphatic heterocycles. The van der Waals surface area contributed by atoms with Crippen molar-refractivity contribution in [1.29, 1.82) is 0 Å². The van der Waals surface area contributed by atoms with Crippen LogP contribution in [0.1, 0.15) is 28.2 Å². The summed E-state index contributed by atoms with van der Waals surface area (Å²) in [7, 11) is 0. The maximum Gasteiger partial charge on any atom is 0.0535 e. The van der Waals surface area contributed by atoms with E-state index < -0.39 is 0 Å². The van der Waals surface area contributed by atoms with Crippen molar-refractivity contribution in [2.75, 3.05) is 6.61 Å². The highest BCUT2D eigenvalue weighted by Crippen LogP contribution is 2.18. The summed E-state index contributed by atoms with van der Waals surface area (Å²) < 4.78 is 0. The van der Waals surface area contributed by atoms with Crippen LogP contribution in [0.15, 0.2) is 48.8 Å². The van der Waals surface area contributed by atoms with Crippen LogP contribution in [-0.2, 0) is 0 Å². The molecule has 98 valence electrons. The van der Waals surface area contributed by atoms with Gasteiger partial charge in [0, 0.05) is 18.3 Å². The van der Waals surface area contributed by atoms with Crippen molar-refractivity contribution in [1.82, 2.24) is 4.98 Å². The minimum absolute atomic E-state index is 0.00508. The van der Waals surface area contributed by atoms with Crippen LogP contribution in [0.25, 0.3) is 6.08 Å². The molecule has 1 atom stereocenters. The molecule has 0 unspecified atom stereocenters. The topological polar surface area (TPSA) is 33.1 Å². The standard InChI is InChI=1S/C17H19NO/c1-13-8-14(2)10-15(9-13)5-6-17(12-19)16-4-3-7-18-11-16/h3-11,17,19H,12H2,1-2H3/t17-/m0/s1. The molecule has 2 heteroatoms. The Morgan fingerprint density at radius 1 is 1.21 bits per heavy atom. The highest BCUT2D eigenvalue weighted by Gasteiger charge is 2.06. The molecule has 0 saturated carbocycles. The molecule has 1 N–H and O–H groups in total. The summed E-state index contributed by atoms with van der Waals surface area (Å²) in [4.78, 5) is 4.09. The average molecular weight is 253 g/mol. The zero-order chi connectivity index (χ0) is 13.7. The molecule has 2 aromatic rings. The van der Waals surface area contributed by atoms with Crippen molar-refractivity contribution >= 4 is 6.08 Å². The Morgan fingerprint density at radius 3 is 2.53 bits per heavy atom. The predicted molar refractivity (Wildman–Crippen MR) is 79.0 cm³/mol. The Labute approximate surface area is 114 Å². The molecule has 0 saturated heterocycles. The predicted octanol–water partition coefficient (Wildman–Crippen LogP) is 3.49. The first-order chi connectivity index (χ1) is 9.19. The first-order valence-corrected chi connectivity index (χ1v) is 6.46. The zero-order valence-electron chi connectivity index (χ0n) is 11.4. The van der Waals surface area contributed by atoms with E-state index in [2.05, 4.69) is 43.1 Å². The van der Waals surface area contributed by atoms with Crippen LogP contribution >= 0.6 is 0 Å². The highest BCUT2D eigenvalue weighted by molar-refractivity contribution is 5.53. The molecule has 0 bridgehead atoms. The van der Waals surface area contributed by atoms with Gasteiger partial charge < -0.3 is 5.11 Å². The number of benzene rings is 1. The fourth-order valence-corrected chi connectivity index (χ4v) is 2.21. The van der Waals surface area contributed by atoms with Gasteiger partial charge in [0.05, 0.1) is 6.61 Å². The van der Waals surface area contributed by atoms with Gasteiger partial charge in [0.25, 0.3) is 0 Å². The van der Waals surface area contributed by atoms with E-state index >= 15 is 0 Å². The van der Waals surface area contributed by atoms with E-state index in [1.54, 1.807) is 12.4 Å². The summed E-state index contributed by atoms with van der Waals surface area (Å²) in [5, 5.41) is 9.49. The lowest BCUT2D eigenvalue weighted by atomic mass is 9.99. The third-order valence-electron chi connectivity index (χ3n) is 3.07. The van der Waals surface area contributed by atoms with Gasteiger partial charge in [-0.05, 0) is 31.0 Å². The molecule has 0 radical (unpaired) electrons. The summed E-state index contributed by atoms with van der Waals surface area (Å²) in [6.07, 6.45) is 7.64. The normalized spacial score (nSPS) is 12.8. The van der Waals surface area contributed by atoms with Crippen LogP contribution in [0.2, 0.25) is 0 Å². The molecule has 0 amide bonds. The van der Waals surface area contributed by atoms with Crippen molar-refractivity contribution < 1.29 is 5.11 Å². The number of pyridine rings is 1. The Hall–Kier alpha value is -1.93. The second-order valence-corrected chi connectivity index (χ2v) is 4.86. The maximum atomic E-state index is 9.49. The molecule has 0 aliphatic carbocycles. The molecule has 2 nitrogen and oxygen atoms in total. The van der Waals surface area contributed by atoms with E-state index in [1.807, 2.05) is 18.2 Å². The van der Waals surface area contributed by atoms with Crippen LogP contribution < -0.4 is 0 Å². The van der Waals surface area contributed by atoms with Crippen LogP contribution in [-0.4, -0.2) is 16.7 Å². The smallest absolute Gasteiger partial charge is 0.0535 e. The number of aromatic nitrogens is 1. The SMILES string of the molecule is Cc1cc(C)cc(C=C[C@@H](CO)c2cccnc2)c1. The molecule has 1 aromatic heterocycles. The quantitative estimate of drug-likeness (QED) is 0.904. The maximum absolute atomic E-state index is 9.49. The third kappa shape index (κ3) is 3.76. The number of rotatable bonds is 4. The van der Waals surface area contributed by atoms with Crippen LogP contribution in [0.3, 0.4) is 0 Å². The molecular weight excluding hydrogens is 234 g/mol. The van der Waals surface area contributed by atoms with Crippen molar-refractivity contribution in [2.45, 2.75) is 19.8 Å². The first-order valence-electron chi connectivity index (χ1n) is 6.46. The number of hydrogen-bond donors (Lipinski definition) is 1. The van der Waals surface area contributed by atoms with Crippen molar-refractivity contribution in [2.24, 2.45) is 0 Å². The monoisotopic (exact) mass is 253 g/mol. The molecule has 1 heterocycles. The van der Waals surface area contributed by atoms with Crippen LogP contribution in [0.5, 0.6) is 0 Å². The lowest BCUT2D eigenvalue weighted by Crippen LogP contribution is -2.00. The van der Waals surface area contributed by atoms with Gasteiger partial charge in [-0.2, -0.15) is 0 Å². The number of aryl methyl sites for hydroxylation is 2. The van der Waals surface area contributed by atoms with Gasteiger partial charge >= 0.3 is 0 Å². The fourth-order valence-electron chi connectivity index (χ4n) is 2.21. The van der Waals surface area contributed by atoms with Gasteiger partial charge in [0.1, 0.15) is 0 Å². The lowest BCUT2D eigenvalue weighted by Gasteiger charge is -2.09. The molecule has 0 spiro atoms. The first kappa shape index (κ1) is 13.5. The summed E-state index contributed by atoms with van der Waals surface area (Å²) in [5.41, 5.74) is 4.70. The second-order valence-electron chi connectivity index (χ2n) is 4.86. The van der Waals surface area contributed by atoms with E-state index in [4.69, 9.17) is 0 Å². The Bertz CT molecular complexity index is 540. The van der Waals surface area contributed by atoms with Crippen molar-refractivity contribution in [3.8, 4) is 0 Å². The minimum atomic E-state index is -0.00508. The molecular formula is C17H19NO. The van der Waals surface area contributed by atoms with Gasteiger partial charge in [0.2, 0.25) is 0 Å². The van der Waals surface area contributed by atoms with Crippen LogP contribution in [0, 0.1) is 13.8 Å². The van der Waals surface area contributed by atoms with E-state index in [-0.39, 0.29) is 12.5 Å². The zero-order valence-corrected chi connectivity index (χ0v) is 11.4. The Balaban J connectivity index is 2.20. The van der Waals surface area contributed by atoms with Crippen LogP contribution in [0.4, 0.5) is 0 Å². The molecule has 2 rings (SSSR count). The van der Waals surface area contributed by atoms with E-state index in [1.165, 1.54) is 16.7 Å². The van der Waals surface area contributed by atoms with Gasteiger partial charge in [-0.25, -0.2) is 0 Å². The number of nitrogens with zero attached hydrogens (tertiary/aromatic N) is 1. The average Bonchev–Trinajstić information content (AvgIpc) is 2.39. The third-order valence-corrected chi connectivity index (χ3v) is 3.07. The minimum Gasteiger partial charge on any atom is -0.395 e. The Morgan fingerprint density at radius 2 is 1.95 bits per heavy atom. The van der Waals surface area contributed by atoms with E-state index in [0.717, 1.165) is 5.56 Å². The molecule has 0 aliphatic rings. The summed E-state index contributed by atoms with van der Waals surface area (Å²) in [5.74, 6) is -0.00508. The highest BCUT2D eigenvalue weighted by atomic mass is 16.3. The number of aliphatic hydroxyl groups excluding tert-OH is 1. The van der Waals surface area contributed by atoms with Crippen molar-refractivity contribution in [3.05, 3.63) is 71.1 Å². The van der Waals surface area contributed by atoms with Gasteiger partial charge in [0.15, 0.2) is 0 Å². The molecule has 0 fully saturated rings. The molecule has 19 heavy (non-hydrogen) atoms.